The number of ether oxygens (including phenoxy) is 1. The number of carbonyl (C=O) groups is 2. The average Bonchev–Trinajstić information content (AvgIpc) is 2.32. The maximum atomic E-state index is 11.1. The first-order chi connectivity index (χ1) is 8.20. The molecular weight excluding hydrogens is 347 g/mol. The molecule has 3 nitrogen and oxygen atoms in total. The van der Waals surface area contributed by atoms with Crippen LogP contribution in [0.1, 0.15) is 51.4 Å². The number of allylic oxidation sites excluding steroid dienone is 1. The Bertz CT molecular complexity index is 265. The summed E-state index contributed by atoms with van der Waals surface area (Å²) in [6.07, 6.45) is 10.8. The van der Waals surface area contributed by atoms with Crippen LogP contribution in [0.4, 0.5) is 0 Å². The van der Waals surface area contributed by atoms with Gasteiger partial charge in [0, 0.05) is 51.5 Å². The summed E-state index contributed by atoms with van der Waals surface area (Å²) < 4.78 is 4.45. The maximum Gasteiger partial charge on any atom is 0.337 e. The van der Waals surface area contributed by atoms with Crippen molar-refractivity contribution >= 4 is 11.9 Å². The van der Waals surface area contributed by atoms with E-state index >= 15 is 0 Å². The van der Waals surface area contributed by atoms with E-state index in [4.69, 9.17) is 0 Å². The molecular formula is C14H22O3Zn2. The van der Waals surface area contributed by atoms with E-state index in [0.717, 1.165) is 31.8 Å². The van der Waals surface area contributed by atoms with Crippen LogP contribution < -0.4 is 0 Å². The number of hydrogen-bond acceptors (Lipinski definition) is 3. The number of unbranched alkanes of at least 4 members (excludes halogenated alkanes) is 6. The van der Waals surface area contributed by atoms with Crippen LogP contribution in [-0.4, -0.2) is 11.9 Å². The monoisotopic (exact) mass is 366 g/mol. The van der Waals surface area contributed by atoms with Crippen LogP contribution in [-0.2, 0) is 53.3 Å². The Balaban J connectivity index is -0.00000128. The molecule has 19 heavy (non-hydrogen) atoms. The Labute approximate surface area is 141 Å². The van der Waals surface area contributed by atoms with Crippen LogP contribution >= 0.6 is 0 Å². The van der Waals surface area contributed by atoms with Gasteiger partial charge >= 0.3 is 11.9 Å². The van der Waals surface area contributed by atoms with E-state index in [9.17, 15) is 9.59 Å². The molecule has 0 aromatic carbocycles. The first kappa shape index (κ1) is 23.9. The summed E-state index contributed by atoms with van der Waals surface area (Å²) in [4.78, 5) is 21.8. The fourth-order valence-corrected chi connectivity index (χ4v) is 1.47. The van der Waals surface area contributed by atoms with Crippen molar-refractivity contribution in [1.29, 1.82) is 0 Å². The maximum absolute atomic E-state index is 11.1. The average molecular weight is 369 g/mol. The Morgan fingerprint density at radius 2 is 1.42 bits per heavy atom. The third kappa shape index (κ3) is 17.9. The van der Waals surface area contributed by atoms with Crippen molar-refractivity contribution in [2.24, 2.45) is 0 Å². The van der Waals surface area contributed by atoms with Crippen molar-refractivity contribution in [1.82, 2.24) is 0 Å². The molecule has 0 saturated carbocycles. The molecule has 0 aromatic heterocycles. The second-order valence-corrected chi connectivity index (χ2v) is 3.95. The molecule has 0 aliphatic rings. The van der Waals surface area contributed by atoms with Gasteiger partial charge < -0.3 is 4.74 Å². The van der Waals surface area contributed by atoms with Gasteiger partial charge in [0.05, 0.1) is 0 Å². The topological polar surface area (TPSA) is 43.4 Å². The zero-order chi connectivity index (χ0) is 12.9. The van der Waals surface area contributed by atoms with Gasteiger partial charge in [0.25, 0.3) is 0 Å². The van der Waals surface area contributed by atoms with E-state index in [-0.39, 0.29) is 39.0 Å². The normalized spacial score (nSPS) is 8.63. The summed E-state index contributed by atoms with van der Waals surface area (Å²) in [6.45, 7) is 6.90. The minimum Gasteiger partial charge on any atom is -0.390 e. The van der Waals surface area contributed by atoms with Crippen LogP contribution in [0.5, 0.6) is 0 Å². The Hall–Kier alpha value is -0.133. The van der Waals surface area contributed by atoms with Crippen molar-refractivity contribution in [2.75, 3.05) is 0 Å². The van der Waals surface area contributed by atoms with Crippen molar-refractivity contribution < 1.29 is 53.3 Å². The zero-order valence-corrected chi connectivity index (χ0v) is 17.8. The molecule has 0 radical (unpaired) electrons. The fraction of sp³-hybridized carbons (Fsp3) is 0.571. The summed E-state index contributed by atoms with van der Waals surface area (Å²) in [7, 11) is 0. The van der Waals surface area contributed by atoms with Gasteiger partial charge in [-0.3, -0.25) is 4.79 Å². The Kier molecular flexibility index (Phi) is 22.5. The van der Waals surface area contributed by atoms with Gasteiger partial charge in [-0.2, -0.15) is 0 Å². The van der Waals surface area contributed by atoms with E-state index in [2.05, 4.69) is 17.9 Å². The first-order valence-corrected chi connectivity index (χ1v) is 6.18. The summed E-state index contributed by atoms with van der Waals surface area (Å²) in [6, 6.07) is 0. The predicted octanol–water partition coefficient (Wildman–Crippen LogP) is 3.54. The molecule has 0 rings (SSSR count). The van der Waals surface area contributed by atoms with Gasteiger partial charge in [0.15, 0.2) is 0 Å². The molecule has 0 aromatic rings. The number of rotatable bonds is 10. The number of esters is 2. The molecule has 0 unspecified atom stereocenters. The molecule has 0 amide bonds. The standard InChI is InChI=1S/C14H22O3.2Zn/c1-3-5-6-7-8-9-10-11-12-14(16)17-13(15)4-2;;/h3-4H,1-2,5-12H2;;. The summed E-state index contributed by atoms with van der Waals surface area (Å²) in [5, 5.41) is 0. The first-order valence-electron chi connectivity index (χ1n) is 6.18. The van der Waals surface area contributed by atoms with Crippen LogP contribution in [0, 0.1) is 0 Å². The zero-order valence-electron chi connectivity index (χ0n) is 11.9. The Morgan fingerprint density at radius 3 is 1.95 bits per heavy atom. The second-order valence-electron chi connectivity index (χ2n) is 3.95. The van der Waals surface area contributed by atoms with Gasteiger partial charge in [0.2, 0.25) is 0 Å². The van der Waals surface area contributed by atoms with E-state index in [1.165, 1.54) is 19.3 Å². The largest absolute Gasteiger partial charge is 0.390 e. The van der Waals surface area contributed by atoms with Gasteiger partial charge in [-0.15, -0.1) is 6.58 Å². The van der Waals surface area contributed by atoms with Gasteiger partial charge in [-0.1, -0.05) is 38.3 Å². The minimum atomic E-state index is -0.667. The molecule has 0 spiro atoms. The van der Waals surface area contributed by atoms with Gasteiger partial charge in [0.1, 0.15) is 0 Å². The van der Waals surface area contributed by atoms with Crippen molar-refractivity contribution in [3.63, 3.8) is 0 Å². The van der Waals surface area contributed by atoms with Crippen molar-refractivity contribution in [3.05, 3.63) is 25.3 Å². The van der Waals surface area contributed by atoms with Crippen LogP contribution in [0.2, 0.25) is 0 Å². The van der Waals surface area contributed by atoms with Crippen molar-refractivity contribution in [3.8, 4) is 0 Å². The van der Waals surface area contributed by atoms with Gasteiger partial charge in [-0.05, 0) is 19.3 Å². The number of carbonyl (C=O) groups excluding carboxylic acids is 2. The molecule has 0 aliphatic carbocycles. The molecule has 0 aliphatic heterocycles. The van der Waals surface area contributed by atoms with E-state index in [1.807, 2.05) is 6.08 Å². The molecule has 100 valence electrons. The van der Waals surface area contributed by atoms with Gasteiger partial charge in [-0.25, -0.2) is 4.79 Å². The molecule has 0 saturated heterocycles. The fourth-order valence-electron chi connectivity index (χ4n) is 1.47. The molecule has 0 atom stereocenters. The molecule has 0 N–H and O–H groups in total. The summed E-state index contributed by atoms with van der Waals surface area (Å²) in [5.41, 5.74) is 0. The molecule has 0 bridgehead atoms. The predicted molar refractivity (Wildman–Crippen MR) is 68.4 cm³/mol. The summed E-state index contributed by atoms with van der Waals surface area (Å²) >= 11 is 0. The number of hydrogen-bond donors (Lipinski definition) is 0. The molecule has 0 heterocycles. The molecule has 0 fully saturated rings. The van der Waals surface area contributed by atoms with E-state index < -0.39 is 11.9 Å². The van der Waals surface area contributed by atoms with E-state index in [1.54, 1.807) is 0 Å². The quantitative estimate of drug-likeness (QED) is 0.148. The molecule has 5 heteroatoms. The van der Waals surface area contributed by atoms with Crippen LogP contribution in [0.15, 0.2) is 25.3 Å². The van der Waals surface area contributed by atoms with Crippen LogP contribution in [0.3, 0.4) is 0 Å². The Morgan fingerprint density at radius 1 is 0.895 bits per heavy atom. The third-order valence-electron chi connectivity index (χ3n) is 2.42. The minimum absolute atomic E-state index is 0. The van der Waals surface area contributed by atoms with Crippen LogP contribution in [0.25, 0.3) is 0 Å². The third-order valence-corrected chi connectivity index (χ3v) is 2.42. The van der Waals surface area contributed by atoms with E-state index in [0.29, 0.717) is 6.42 Å². The SMILES string of the molecule is C=CCCCCCCCCC(=O)OC(=O)C=C.[Zn].[Zn]. The van der Waals surface area contributed by atoms with Crippen molar-refractivity contribution in [2.45, 2.75) is 51.4 Å². The smallest absolute Gasteiger partial charge is 0.337 e. The second kappa shape index (κ2) is 17.9. The summed E-state index contributed by atoms with van der Waals surface area (Å²) in [5.74, 6) is -1.12.